The Morgan fingerprint density at radius 2 is 1.19 bits per heavy atom. The van der Waals surface area contributed by atoms with Crippen molar-refractivity contribution in [3.05, 3.63) is 36.2 Å². The molecule has 3 heterocycles. The smallest absolute Gasteiger partial charge is 0.347 e. The summed E-state index contributed by atoms with van der Waals surface area (Å²) in [5, 5.41) is 22.6. The first-order valence-electron chi connectivity index (χ1n) is 21.2. The van der Waals surface area contributed by atoms with E-state index in [2.05, 4.69) is 104 Å². The number of nitrogens with one attached hydrogen (secondary N) is 7. The summed E-state index contributed by atoms with van der Waals surface area (Å²) in [7, 11) is 1.27. The van der Waals surface area contributed by atoms with Gasteiger partial charge in [0.05, 0.1) is 6.54 Å². The van der Waals surface area contributed by atoms with Gasteiger partial charge in [-0.3, -0.25) is 4.79 Å². The summed E-state index contributed by atoms with van der Waals surface area (Å²) in [6, 6.07) is 9.74. The van der Waals surface area contributed by atoms with Gasteiger partial charge < -0.3 is 66.6 Å². The molecule has 374 valence electrons. The predicted octanol–water partition coefficient (Wildman–Crippen LogP) is 0.279. The highest BCUT2D eigenvalue weighted by molar-refractivity contribution is 7.99. The standard InChI is InChI=1S/C39H55N17O10S3/c1-5-68-38-49-26(48-33(54-38)44-14-13-42-30(60)23(2)65-29(59)22-64-31(61)24(3)66-28(58)21-63-27(57)20-62-4)19-41-11-12-43-36-53-37(56-39(55-36)69-25-9-7-6-8-10-25)46-16-15-45-34-50-32(40)51-35(52-34)47-17-18-67/h6-10,23-24,41,67H,5,11-22H2,1-4H3,(H,42,60)(H,44,48,49,54)(H2,43,46,53,55,56)(H4,40,45,47,50,51,52). The number of rotatable bonds is 32. The number of methoxy groups -OCH3 is 1. The van der Waals surface area contributed by atoms with Crippen LogP contribution in [0.25, 0.3) is 0 Å². The number of nitrogen functional groups attached to an aromatic ring is 1. The van der Waals surface area contributed by atoms with Crippen LogP contribution in [-0.2, 0) is 54.2 Å². The van der Waals surface area contributed by atoms with E-state index in [0.29, 0.717) is 90.9 Å². The van der Waals surface area contributed by atoms with Crippen molar-refractivity contribution >= 4 is 102 Å². The molecule has 0 aliphatic heterocycles. The number of amides is 1. The van der Waals surface area contributed by atoms with Crippen molar-refractivity contribution in [1.82, 2.24) is 55.5 Å². The van der Waals surface area contributed by atoms with E-state index in [1.54, 1.807) is 0 Å². The normalized spacial score (nSPS) is 11.6. The van der Waals surface area contributed by atoms with Crippen LogP contribution < -0.4 is 43.0 Å². The molecule has 0 fully saturated rings. The lowest BCUT2D eigenvalue weighted by Gasteiger charge is -2.15. The van der Waals surface area contributed by atoms with E-state index in [9.17, 15) is 24.0 Å². The number of nitrogens with two attached hydrogens (primary N) is 1. The Balaban J connectivity index is 1.20. The van der Waals surface area contributed by atoms with Crippen molar-refractivity contribution in [1.29, 1.82) is 0 Å². The first kappa shape index (κ1) is 55.0. The molecule has 0 bridgehead atoms. The third kappa shape index (κ3) is 21.9. The third-order valence-corrected chi connectivity index (χ3v) is 9.91. The van der Waals surface area contributed by atoms with E-state index < -0.39 is 55.2 Å². The van der Waals surface area contributed by atoms with Gasteiger partial charge in [-0.2, -0.15) is 52.5 Å². The second kappa shape index (κ2) is 30.7. The fourth-order valence-corrected chi connectivity index (χ4v) is 6.51. The van der Waals surface area contributed by atoms with Gasteiger partial charge in [0.15, 0.2) is 35.7 Å². The van der Waals surface area contributed by atoms with Crippen LogP contribution in [0.3, 0.4) is 0 Å². The topological polar surface area (TPSA) is 358 Å². The number of carbonyl (C=O) groups excluding carboxylic acids is 5. The SMILES string of the molecule is CCSc1nc(CNCCNc2nc(NCCNc3nc(N)nc(NCCS)n3)nc(Sc3ccccc3)n2)nc(NCCNC(=O)C(C)OC(=O)COC(=O)C(C)OC(=O)COC(=O)COC)n1. The van der Waals surface area contributed by atoms with Crippen LogP contribution in [-0.4, -0.2) is 171 Å². The number of hydrogen-bond donors (Lipinski definition) is 9. The first-order chi connectivity index (χ1) is 33.3. The van der Waals surface area contributed by atoms with Crippen LogP contribution in [0.15, 0.2) is 45.5 Å². The Morgan fingerprint density at radius 3 is 1.81 bits per heavy atom. The van der Waals surface area contributed by atoms with Crippen LogP contribution in [0.1, 0.15) is 26.6 Å². The van der Waals surface area contributed by atoms with E-state index in [4.69, 9.17) is 19.9 Å². The summed E-state index contributed by atoms with van der Waals surface area (Å²) >= 11 is 7.02. The minimum absolute atomic E-state index is 0.0824. The average molecular weight is 1020 g/mol. The molecule has 1 aromatic carbocycles. The van der Waals surface area contributed by atoms with Crippen molar-refractivity contribution < 1.29 is 47.7 Å². The molecule has 69 heavy (non-hydrogen) atoms. The van der Waals surface area contributed by atoms with Gasteiger partial charge in [0.2, 0.25) is 35.7 Å². The molecule has 0 saturated carbocycles. The van der Waals surface area contributed by atoms with E-state index >= 15 is 0 Å². The maximum atomic E-state index is 12.6. The van der Waals surface area contributed by atoms with Gasteiger partial charge in [0.1, 0.15) is 12.4 Å². The number of hydrogen-bond acceptors (Lipinski definition) is 29. The van der Waals surface area contributed by atoms with E-state index in [1.165, 1.54) is 44.5 Å². The highest BCUT2D eigenvalue weighted by Crippen LogP contribution is 2.25. The lowest BCUT2D eigenvalue weighted by Crippen LogP contribution is -2.39. The van der Waals surface area contributed by atoms with Gasteiger partial charge in [-0.25, -0.2) is 24.2 Å². The Morgan fingerprint density at radius 1 is 0.638 bits per heavy atom. The molecule has 2 unspecified atom stereocenters. The number of esters is 4. The summed E-state index contributed by atoms with van der Waals surface area (Å²) in [5.41, 5.74) is 5.84. The maximum Gasteiger partial charge on any atom is 0.347 e. The van der Waals surface area contributed by atoms with E-state index in [-0.39, 0.29) is 25.6 Å². The van der Waals surface area contributed by atoms with Crippen LogP contribution in [0.4, 0.5) is 35.7 Å². The molecule has 30 heteroatoms. The Hall–Kier alpha value is -6.63. The summed E-state index contributed by atoms with van der Waals surface area (Å²) in [5.74, 6) is -0.924. The Bertz CT molecular complexity index is 2280. The van der Waals surface area contributed by atoms with Crippen LogP contribution in [0.2, 0.25) is 0 Å². The number of benzene rings is 1. The number of aromatic nitrogens is 9. The second-order valence-corrected chi connectivity index (χ2v) is 16.3. The first-order valence-corrected chi connectivity index (χ1v) is 23.6. The summed E-state index contributed by atoms with van der Waals surface area (Å²) in [6.07, 6.45) is -2.65. The number of anilines is 6. The molecule has 4 aromatic rings. The van der Waals surface area contributed by atoms with Crippen molar-refractivity contribution in [3.8, 4) is 0 Å². The van der Waals surface area contributed by atoms with Crippen molar-refractivity contribution in [2.24, 2.45) is 0 Å². The third-order valence-electron chi connectivity index (χ3n) is 8.08. The van der Waals surface area contributed by atoms with Crippen LogP contribution >= 0.6 is 36.2 Å². The molecule has 2 atom stereocenters. The zero-order valence-corrected chi connectivity index (χ0v) is 40.7. The van der Waals surface area contributed by atoms with E-state index in [0.717, 1.165) is 10.6 Å². The van der Waals surface area contributed by atoms with Gasteiger partial charge >= 0.3 is 23.9 Å². The van der Waals surface area contributed by atoms with Gasteiger partial charge in [-0.1, -0.05) is 36.9 Å². The molecule has 3 aromatic heterocycles. The molecule has 0 spiro atoms. The summed E-state index contributed by atoms with van der Waals surface area (Å²) in [6.45, 7) is 5.55. The quantitative estimate of drug-likeness (QED) is 0.0104. The fraction of sp³-hybridized carbons (Fsp3) is 0.487. The van der Waals surface area contributed by atoms with E-state index in [1.807, 2.05) is 37.3 Å². The number of ether oxygens (including phenoxy) is 5. The van der Waals surface area contributed by atoms with Gasteiger partial charge in [-0.05, 0) is 43.5 Å². The molecular weight excluding hydrogens is 963 g/mol. The zero-order chi connectivity index (χ0) is 49.8. The molecule has 0 radical (unpaired) electrons. The number of thioether (sulfide) groups is 1. The molecule has 9 N–H and O–H groups in total. The molecular formula is C39H55N17O10S3. The second-order valence-electron chi connectivity index (χ2n) is 13.6. The minimum Gasteiger partial charge on any atom is -0.452 e. The fourth-order valence-electron chi connectivity index (χ4n) is 5.05. The molecule has 4 rings (SSSR count). The molecule has 0 aliphatic carbocycles. The zero-order valence-electron chi connectivity index (χ0n) is 38.2. The minimum atomic E-state index is -1.42. The predicted molar refractivity (Wildman–Crippen MR) is 257 cm³/mol. The van der Waals surface area contributed by atoms with Crippen molar-refractivity contribution in [2.75, 3.05) is 117 Å². The molecule has 0 aliphatic rings. The summed E-state index contributed by atoms with van der Waals surface area (Å²) in [4.78, 5) is 101. The van der Waals surface area contributed by atoms with Crippen molar-refractivity contribution in [2.45, 2.75) is 54.7 Å². The molecule has 1 amide bonds. The highest BCUT2D eigenvalue weighted by Gasteiger charge is 2.23. The lowest BCUT2D eigenvalue weighted by atomic mass is 10.3. The molecule has 0 saturated heterocycles. The molecule has 27 nitrogen and oxygen atoms in total. The number of carbonyl (C=O) groups is 5. The Kier molecular flexibility index (Phi) is 24.4. The van der Waals surface area contributed by atoms with Crippen LogP contribution in [0, 0.1) is 0 Å². The maximum absolute atomic E-state index is 12.6. The summed E-state index contributed by atoms with van der Waals surface area (Å²) < 4.78 is 23.8. The Labute approximate surface area is 410 Å². The van der Waals surface area contributed by atoms with Crippen LogP contribution in [0.5, 0.6) is 0 Å². The highest BCUT2D eigenvalue weighted by atomic mass is 32.2. The number of thiol groups is 1. The largest absolute Gasteiger partial charge is 0.452 e. The van der Waals surface area contributed by atoms with Gasteiger partial charge in [0, 0.05) is 63.6 Å². The lowest BCUT2D eigenvalue weighted by molar-refractivity contribution is -0.176. The van der Waals surface area contributed by atoms with Gasteiger partial charge in [0.25, 0.3) is 5.91 Å². The average Bonchev–Trinajstić information content (AvgIpc) is 3.32. The van der Waals surface area contributed by atoms with Gasteiger partial charge in [-0.15, -0.1) is 0 Å². The number of nitrogens with zero attached hydrogens (tertiary/aromatic N) is 9. The van der Waals surface area contributed by atoms with Crippen molar-refractivity contribution in [3.63, 3.8) is 0 Å². The monoisotopic (exact) mass is 1020 g/mol.